The summed E-state index contributed by atoms with van der Waals surface area (Å²) in [6, 6.07) is 14.9. The van der Waals surface area contributed by atoms with Gasteiger partial charge in [0.25, 0.3) is 0 Å². The smallest absolute Gasteiger partial charge is 0.195 e. The molecule has 0 atom stereocenters. The number of carbonyl (C=O) groups excluding carboxylic acids is 1. The van der Waals surface area contributed by atoms with Crippen molar-refractivity contribution in [2.24, 2.45) is 0 Å². The number of ketones is 1. The SMILES string of the molecule is N#Cc1ccc2c(C(=O)c3ccc(I)cc3)c[nH]c2c1. The second-order valence-corrected chi connectivity index (χ2v) is 5.66. The van der Waals surface area contributed by atoms with Crippen molar-refractivity contribution in [2.45, 2.75) is 0 Å². The molecule has 0 amide bonds. The van der Waals surface area contributed by atoms with E-state index in [1.807, 2.05) is 30.3 Å². The van der Waals surface area contributed by atoms with Gasteiger partial charge in [-0.25, -0.2) is 0 Å². The average Bonchev–Trinajstić information content (AvgIpc) is 2.90. The van der Waals surface area contributed by atoms with Crippen molar-refractivity contribution >= 4 is 39.3 Å². The molecule has 0 radical (unpaired) electrons. The predicted molar refractivity (Wildman–Crippen MR) is 85.6 cm³/mol. The van der Waals surface area contributed by atoms with Crippen LogP contribution in [-0.4, -0.2) is 10.8 Å². The zero-order valence-corrected chi connectivity index (χ0v) is 12.5. The van der Waals surface area contributed by atoms with Crippen molar-refractivity contribution in [2.75, 3.05) is 0 Å². The minimum absolute atomic E-state index is 0.0163. The fraction of sp³-hybridized carbons (Fsp3) is 0. The number of aromatic nitrogens is 1. The highest BCUT2D eigenvalue weighted by Gasteiger charge is 2.14. The third kappa shape index (κ3) is 2.21. The van der Waals surface area contributed by atoms with Gasteiger partial charge in [0.2, 0.25) is 0 Å². The van der Waals surface area contributed by atoms with Crippen LogP contribution in [0.15, 0.2) is 48.7 Å². The number of hydrogen-bond donors (Lipinski definition) is 1. The van der Waals surface area contributed by atoms with Crippen LogP contribution in [-0.2, 0) is 0 Å². The third-order valence-electron chi connectivity index (χ3n) is 3.16. The molecule has 1 heterocycles. The number of halogens is 1. The molecule has 1 aromatic heterocycles. The molecule has 20 heavy (non-hydrogen) atoms. The second-order valence-electron chi connectivity index (χ2n) is 4.41. The van der Waals surface area contributed by atoms with Crippen molar-refractivity contribution in [3.63, 3.8) is 0 Å². The predicted octanol–water partition coefficient (Wildman–Crippen LogP) is 3.88. The van der Waals surface area contributed by atoms with E-state index in [0.29, 0.717) is 16.7 Å². The molecule has 3 rings (SSSR count). The quantitative estimate of drug-likeness (QED) is 0.549. The lowest BCUT2D eigenvalue weighted by Crippen LogP contribution is -2.00. The number of benzene rings is 2. The molecular weight excluding hydrogens is 363 g/mol. The van der Waals surface area contributed by atoms with Gasteiger partial charge in [0, 0.05) is 31.8 Å². The van der Waals surface area contributed by atoms with Crippen LogP contribution >= 0.6 is 22.6 Å². The van der Waals surface area contributed by atoms with Gasteiger partial charge in [-0.1, -0.05) is 6.07 Å². The highest BCUT2D eigenvalue weighted by Crippen LogP contribution is 2.22. The molecule has 0 aliphatic heterocycles. The summed E-state index contributed by atoms with van der Waals surface area (Å²) in [7, 11) is 0. The zero-order valence-electron chi connectivity index (χ0n) is 10.4. The van der Waals surface area contributed by atoms with Gasteiger partial charge in [-0.05, 0) is 59.0 Å². The highest BCUT2D eigenvalue weighted by atomic mass is 127. The lowest BCUT2D eigenvalue weighted by molar-refractivity contribution is 0.104. The Balaban J connectivity index is 2.08. The Morgan fingerprint density at radius 2 is 1.90 bits per heavy atom. The zero-order chi connectivity index (χ0) is 14.1. The number of nitrogens with one attached hydrogen (secondary N) is 1. The van der Waals surface area contributed by atoms with Gasteiger partial charge < -0.3 is 4.98 Å². The average molecular weight is 372 g/mol. The Hall–Kier alpha value is -2.13. The third-order valence-corrected chi connectivity index (χ3v) is 3.88. The standard InChI is InChI=1S/C16H9IN2O/c17-12-4-2-11(3-5-12)16(20)14-9-19-15-7-10(8-18)1-6-13(14)15/h1-7,9,19H. The minimum Gasteiger partial charge on any atom is -0.360 e. The summed E-state index contributed by atoms with van der Waals surface area (Å²) in [6.07, 6.45) is 1.70. The second kappa shape index (κ2) is 5.10. The number of nitriles is 1. The highest BCUT2D eigenvalue weighted by molar-refractivity contribution is 14.1. The molecule has 1 N–H and O–H groups in total. The number of hydrogen-bond acceptors (Lipinski definition) is 2. The lowest BCUT2D eigenvalue weighted by atomic mass is 10.0. The van der Waals surface area contributed by atoms with E-state index in [4.69, 9.17) is 5.26 Å². The van der Waals surface area contributed by atoms with Gasteiger partial charge in [0.15, 0.2) is 5.78 Å². The molecule has 3 aromatic rings. The molecule has 0 aliphatic rings. The summed E-state index contributed by atoms with van der Waals surface area (Å²) < 4.78 is 1.09. The number of rotatable bonds is 2. The Kier molecular flexibility index (Phi) is 3.28. The maximum absolute atomic E-state index is 12.5. The Morgan fingerprint density at radius 3 is 2.60 bits per heavy atom. The van der Waals surface area contributed by atoms with E-state index < -0.39 is 0 Å². The number of H-pyrrole nitrogens is 1. The summed E-state index contributed by atoms with van der Waals surface area (Å²) in [6.45, 7) is 0. The van der Waals surface area contributed by atoms with Crippen molar-refractivity contribution < 1.29 is 4.79 Å². The molecule has 0 spiro atoms. The normalized spacial score (nSPS) is 10.4. The maximum Gasteiger partial charge on any atom is 0.195 e. The van der Waals surface area contributed by atoms with Crippen LogP contribution < -0.4 is 0 Å². The van der Waals surface area contributed by atoms with E-state index in [-0.39, 0.29) is 5.78 Å². The van der Waals surface area contributed by atoms with Crippen molar-refractivity contribution in [3.05, 3.63) is 68.9 Å². The van der Waals surface area contributed by atoms with E-state index in [2.05, 4.69) is 33.6 Å². The molecule has 0 unspecified atom stereocenters. The first-order valence-corrected chi connectivity index (χ1v) is 7.08. The minimum atomic E-state index is -0.0163. The Morgan fingerprint density at radius 1 is 1.15 bits per heavy atom. The number of nitrogens with zero attached hydrogens (tertiary/aromatic N) is 1. The first-order valence-electron chi connectivity index (χ1n) is 6.00. The number of aromatic amines is 1. The van der Waals surface area contributed by atoms with Gasteiger partial charge in [-0.2, -0.15) is 5.26 Å². The molecule has 0 bridgehead atoms. The monoisotopic (exact) mass is 372 g/mol. The largest absolute Gasteiger partial charge is 0.360 e. The molecule has 0 saturated carbocycles. The van der Waals surface area contributed by atoms with Crippen LogP contribution in [0, 0.1) is 14.9 Å². The molecular formula is C16H9IN2O. The first-order chi connectivity index (χ1) is 9.69. The van der Waals surface area contributed by atoms with E-state index >= 15 is 0 Å². The van der Waals surface area contributed by atoms with Gasteiger partial charge >= 0.3 is 0 Å². The molecule has 4 heteroatoms. The molecule has 2 aromatic carbocycles. The van der Waals surface area contributed by atoms with Crippen LogP contribution in [0.2, 0.25) is 0 Å². The molecule has 3 nitrogen and oxygen atoms in total. The van der Waals surface area contributed by atoms with E-state index in [1.54, 1.807) is 18.3 Å². The van der Waals surface area contributed by atoms with E-state index in [0.717, 1.165) is 14.5 Å². The fourth-order valence-corrected chi connectivity index (χ4v) is 2.50. The van der Waals surface area contributed by atoms with E-state index in [9.17, 15) is 4.79 Å². The molecule has 0 fully saturated rings. The van der Waals surface area contributed by atoms with Crippen LogP contribution in [0.25, 0.3) is 10.9 Å². The summed E-state index contributed by atoms with van der Waals surface area (Å²) in [5, 5.41) is 9.73. The molecule has 96 valence electrons. The summed E-state index contributed by atoms with van der Waals surface area (Å²) in [4.78, 5) is 15.6. The fourth-order valence-electron chi connectivity index (χ4n) is 2.14. The van der Waals surface area contributed by atoms with Crippen LogP contribution in [0.3, 0.4) is 0 Å². The van der Waals surface area contributed by atoms with Crippen molar-refractivity contribution in [1.29, 1.82) is 5.26 Å². The van der Waals surface area contributed by atoms with E-state index in [1.165, 1.54) is 0 Å². The van der Waals surface area contributed by atoms with Crippen molar-refractivity contribution in [1.82, 2.24) is 4.98 Å². The maximum atomic E-state index is 12.5. The number of fused-ring (bicyclic) bond motifs is 1. The van der Waals surface area contributed by atoms with Gasteiger partial charge in [-0.3, -0.25) is 4.79 Å². The lowest BCUT2D eigenvalue weighted by Gasteiger charge is -2.00. The topological polar surface area (TPSA) is 56.6 Å². The summed E-state index contributed by atoms with van der Waals surface area (Å²) in [5.74, 6) is -0.0163. The summed E-state index contributed by atoms with van der Waals surface area (Å²) in [5.41, 5.74) is 2.67. The van der Waals surface area contributed by atoms with Crippen LogP contribution in [0.5, 0.6) is 0 Å². The van der Waals surface area contributed by atoms with Crippen LogP contribution in [0.1, 0.15) is 21.5 Å². The van der Waals surface area contributed by atoms with Gasteiger partial charge in [-0.15, -0.1) is 0 Å². The van der Waals surface area contributed by atoms with Gasteiger partial charge in [0.1, 0.15) is 0 Å². The first kappa shape index (κ1) is 12.9. The molecule has 0 saturated heterocycles. The Bertz CT molecular complexity index is 841. The van der Waals surface area contributed by atoms with Crippen molar-refractivity contribution in [3.8, 4) is 6.07 Å². The number of carbonyl (C=O) groups is 1. The summed E-state index contributed by atoms with van der Waals surface area (Å²) >= 11 is 2.21. The van der Waals surface area contributed by atoms with Crippen LogP contribution in [0.4, 0.5) is 0 Å². The Labute approximate surface area is 129 Å². The van der Waals surface area contributed by atoms with Gasteiger partial charge in [0.05, 0.1) is 11.6 Å². The molecule has 0 aliphatic carbocycles.